The van der Waals surface area contributed by atoms with Gasteiger partial charge < -0.3 is 5.32 Å². The number of nitrogens with one attached hydrogen (secondary N) is 1. The predicted molar refractivity (Wildman–Crippen MR) is 80.3 cm³/mol. The highest BCUT2D eigenvalue weighted by Crippen LogP contribution is 2.42. The van der Waals surface area contributed by atoms with E-state index < -0.39 is 0 Å². The van der Waals surface area contributed by atoms with Crippen LogP contribution in [0.15, 0.2) is 22.8 Å². The van der Waals surface area contributed by atoms with Crippen LogP contribution in [-0.2, 0) is 13.0 Å². The van der Waals surface area contributed by atoms with E-state index in [1.807, 2.05) is 12.1 Å². The van der Waals surface area contributed by atoms with Crippen LogP contribution in [0, 0.1) is 0 Å². The van der Waals surface area contributed by atoms with Gasteiger partial charge in [0.15, 0.2) is 5.82 Å². The lowest BCUT2D eigenvalue weighted by Crippen LogP contribution is -2.26. The quantitative estimate of drug-likeness (QED) is 0.919. The molecule has 1 fully saturated rings. The third-order valence-electron chi connectivity index (χ3n) is 3.90. The Morgan fingerprint density at radius 3 is 2.95 bits per heavy atom. The molecule has 1 saturated carbocycles. The van der Waals surface area contributed by atoms with Crippen LogP contribution < -0.4 is 5.32 Å². The summed E-state index contributed by atoms with van der Waals surface area (Å²) in [5, 5.41) is 3.43. The van der Waals surface area contributed by atoms with Crippen LogP contribution >= 0.6 is 15.9 Å². The number of pyridine rings is 1. The maximum atomic E-state index is 4.84. The molecule has 0 unspecified atom stereocenters. The second-order valence-corrected chi connectivity index (χ2v) is 6.25. The van der Waals surface area contributed by atoms with E-state index in [9.17, 15) is 0 Å². The van der Waals surface area contributed by atoms with Crippen molar-refractivity contribution in [2.24, 2.45) is 0 Å². The molecular formula is C15H15BrN4. The molecule has 1 aliphatic heterocycles. The van der Waals surface area contributed by atoms with Gasteiger partial charge in [0, 0.05) is 41.7 Å². The second-order valence-electron chi connectivity index (χ2n) is 5.39. The van der Waals surface area contributed by atoms with Gasteiger partial charge in [0.2, 0.25) is 0 Å². The van der Waals surface area contributed by atoms with Gasteiger partial charge in [-0.3, -0.25) is 4.98 Å². The molecule has 1 N–H and O–H groups in total. The highest BCUT2D eigenvalue weighted by atomic mass is 79.9. The lowest BCUT2D eigenvalue weighted by molar-refractivity contribution is 0.617. The first kappa shape index (κ1) is 12.4. The Bertz CT molecular complexity index is 667. The smallest absolute Gasteiger partial charge is 0.179 e. The van der Waals surface area contributed by atoms with Crippen molar-refractivity contribution in [2.75, 3.05) is 6.54 Å². The number of hydrogen-bond donors (Lipinski definition) is 1. The Hall–Kier alpha value is -1.33. The topological polar surface area (TPSA) is 50.7 Å². The molecule has 0 amide bonds. The van der Waals surface area contributed by atoms with Crippen molar-refractivity contribution >= 4 is 15.9 Å². The Morgan fingerprint density at radius 2 is 2.15 bits per heavy atom. The van der Waals surface area contributed by atoms with E-state index in [-0.39, 0.29) is 0 Å². The van der Waals surface area contributed by atoms with E-state index in [0.29, 0.717) is 5.92 Å². The van der Waals surface area contributed by atoms with E-state index in [2.05, 4.69) is 26.2 Å². The number of hydrogen-bond acceptors (Lipinski definition) is 4. The predicted octanol–water partition coefficient (Wildman–Crippen LogP) is 2.82. The largest absolute Gasteiger partial charge is 0.312 e. The highest BCUT2D eigenvalue weighted by Gasteiger charge is 2.31. The lowest BCUT2D eigenvalue weighted by atomic mass is 10.0. The molecule has 1 aliphatic carbocycles. The van der Waals surface area contributed by atoms with Crippen molar-refractivity contribution in [2.45, 2.75) is 31.7 Å². The highest BCUT2D eigenvalue weighted by molar-refractivity contribution is 9.10. The third-order valence-corrected chi connectivity index (χ3v) is 4.54. The standard InChI is InChI=1S/C15H15BrN4/c16-11-2-1-6-18-14(11)15-19-12-5-7-17-8-10(12)13(20-15)9-3-4-9/h1-2,6,9,17H,3-5,7-8H2. The molecule has 20 heavy (non-hydrogen) atoms. The molecule has 0 saturated heterocycles. The van der Waals surface area contributed by atoms with Gasteiger partial charge in [0.1, 0.15) is 5.69 Å². The van der Waals surface area contributed by atoms with Crippen molar-refractivity contribution in [1.29, 1.82) is 0 Å². The maximum Gasteiger partial charge on any atom is 0.179 e. The van der Waals surface area contributed by atoms with E-state index in [0.717, 1.165) is 35.5 Å². The summed E-state index contributed by atoms with van der Waals surface area (Å²) in [4.78, 5) is 14.0. The molecule has 4 rings (SSSR count). The molecule has 102 valence electrons. The summed E-state index contributed by atoms with van der Waals surface area (Å²) >= 11 is 3.55. The maximum absolute atomic E-state index is 4.84. The van der Waals surface area contributed by atoms with Crippen LogP contribution in [0.3, 0.4) is 0 Å². The minimum Gasteiger partial charge on any atom is -0.312 e. The molecule has 2 aromatic rings. The molecule has 4 nitrogen and oxygen atoms in total. The summed E-state index contributed by atoms with van der Waals surface area (Å²) < 4.78 is 0.954. The average molecular weight is 331 g/mol. The Morgan fingerprint density at radius 1 is 1.25 bits per heavy atom. The van der Waals surface area contributed by atoms with Crippen LogP contribution in [0.1, 0.15) is 35.7 Å². The fourth-order valence-corrected chi connectivity index (χ4v) is 3.15. The van der Waals surface area contributed by atoms with Crippen molar-refractivity contribution in [1.82, 2.24) is 20.3 Å². The average Bonchev–Trinajstić information content (AvgIpc) is 3.31. The molecule has 2 aliphatic rings. The zero-order valence-corrected chi connectivity index (χ0v) is 12.7. The molecule has 0 aromatic carbocycles. The second kappa shape index (κ2) is 4.90. The van der Waals surface area contributed by atoms with E-state index in [1.54, 1.807) is 6.20 Å². The van der Waals surface area contributed by atoms with Gasteiger partial charge in [-0.15, -0.1) is 0 Å². The van der Waals surface area contributed by atoms with Gasteiger partial charge in [0.05, 0.1) is 11.4 Å². The van der Waals surface area contributed by atoms with Crippen LogP contribution in [0.4, 0.5) is 0 Å². The fourth-order valence-electron chi connectivity index (χ4n) is 2.72. The van der Waals surface area contributed by atoms with Gasteiger partial charge in [-0.05, 0) is 40.9 Å². The SMILES string of the molecule is Brc1cccnc1-c1nc2c(c(C3CC3)n1)CNCC2. The molecule has 0 spiro atoms. The summed E-state index contributed by atoms with van der Waals surface area (Å²) in [6.07, 6.45) is 5.29. The molecule has 0 atom stereocenters. The van der Waals surface area contributed by atoms with Crippen LogP contribution in [-0.4, -0.2) is 21.5 Å². The van der Waals surface area contributed by atoms with Crippen LogP contribution in [0.5, 0.6) is 0 Å². The Balaban J connectivity index is 1.88. The molecular weight excluding hydrogens is 316 g/mol. The summed E-state index contributed by atoms with van der Waals surface area (Å²) in [7, 11) is 0. The summed E-state index contributed by atoms with van der Waals surface area (Å²) in [5.41, 5.74) is 4.62. The fraction of sp³-hybridized carbons (Fsp3) is 0.400. The minimum atomic E-state index is 0.632. The summed E-state index contributed by atoms with van der Waals surface area (Å²) in [6.45, 7) is 1.90. The van der Waals surface area contributed by atoms with E-state index in [4.69, 9.17) is 9.97 Å². The monoisotopic (exact) mass is 330 g/mol. The normalized spacial score (nSPS) is 17.9. The Kier molecular flexibility index (Phi) is 3.04. The first-order valence-corrected chi connectivity index (χ1v) is 7.83. The van der Waals surface area contributed by atoms with Crippen molar-refractivity contribution in [3.8, 4) is 11.5 Å². The van der Waals surface area contributed by atoms with Gasteiger partial charge in [0.25, 0.3) is 0 Å². The van der Waals surface area contributed by atoms with Crippen LogP contribution in [0.25, 0.3) is 11.5 Å². The first-order valence-electron chi connectivity index (χ1n) is 7.04. The minimum absolute atomic E-state index is 0.632. The third kappa shape index (κ3) is 2.15. The summed E-state index contributed by atoms with van der Waals surface area (Å²) in [6, 6.07) is 3.90. The van der Waals surface area contributed by atoms with Crippen molar-refractivity contribution < 1.29 is 0 Å². The van der Waals surface area contributed by atoms with Crippen molar-refractivity contribution in [3.05, 3.63) is 39.8 Å². The Labute approximate surface area is 126 Å². The number of nitrogens with zero attached hydrogens (tertiary/aromatic N) is 3. The zero-order chi connectivity index (χ0) is 13.5. The first-order chi connectivity index (χ1) is 9.83. The summed E-state index contributed by atoms with van der Waals surface area (Å²) in [5.74, 6) is 1.40. The number of rotatable bonds is 2. The molecule has 5 heteroatoms. The van der Waals surface area contributed by atoms with Crippen LogP contribution in [0.2, 0.25) is 0 Å². The number of aromatic nitrogens is 3. The zero-order valence-electron chi connectivity index (χ0n) is 11.1. The lowest BCUT2D eigenvalue weighted by Gasteiger charge is -2.20. The van der Waals surface area contributed by atoms with Crippen molar-refractivity contribution in [3.63, 3.8) is 0 Å². The molecule has 3 heterocycles. The van der Waals surface area contributed by atoms with E-state index in [1.165, 1.54) is 29.8 Å². The molecule has 2 aromatic heterocycles. The van der Waals surface area contributed by atoms with Gasteiger partial charge >= 0.3 is 0 Å². The molecule has 0 bridgehead atoms. The van der Waals surface area contributed by atoms with Gasteiger partial charge in [-0.1, -0.05) is 0 Å². The number of halogens is 1. The van der Waals surface area contributed by atoms with Gasteiger partial charge in [-0.2, -0.15) is 0 Å². The van der Waals surface area contributed by atoms with E-state index >= 15 is 0 Å². The number of fused-ring (bicyclic) bond motifs is 1. The van der Waals surface area contributed by atoms with Gasteiger partial charge in [-0.25, -0.2) is 9.97 Å². The molecule has 0 radical (unpaired) electrons.